The molecular weight excluding hydrogens is 240 g/mol. The van der Waals surface area contributed by atoms with E-state index in [2.05, 4.69) is 4.98 Å². The number of aromatic nitrogens is 2. The third-order valence-corrected chi connectivity index (χ3v) is 2.13. The minimum atomic E-state index is -1.76. The summed E-state index contributed by atoms with van der Waals surface area (Å²) in [4.78, 5) is 26.1. The summed E-state index contributed by atoms with van der Waals surface area (Å²) >= 11 is 0. The Morgan fingerprint density at radius 3 is 2.44 bits per heavy atom. The highest BCUT2D eigenvalue weighted by Gasteiger charge is 2.26. The molecule has 0 spiro atoms. The van der Waals surface area contributed by atoms with Crippen LogP contribution in [-0.4, -0.2) is 37.4 Å². The number of hydrogen-bond donors (Lipinski definition) is 2. The molecule has 0 aliphatic carbocycles. The van der Waals surface area contributed by atoms with Crippen LogP contribution in [0.1, 0.15) is 38.3 Å². The number of carbonyl (C=O) groups excluding carboxylic acids is 1. The molecule has 0 saturated heterocycles. The molecule has 1 atom stereocenters. The monoisotopic (exact) mass is 256 g/mol. The average Bonchev–Trinajstić information content (AvgIpc) is 2.56. The molecule has 1 unspecified atom stereocenters. The number of rotatable bonds is 2. The number of carboxylic acids is 1. The predicted octanol–water partition coefficient (Wildman–Crippen LogP) is 1.09. The van der Waals surface area contributed by atoms with Crippen LogP contribution in [-0.2, 0) is 9.53 Å². The van der Waals surface area contributed by atoms with E-state index >= 15 is 0 Å². The third kappa shape index (κ3) is 3.07. The molecule has 18 heavy (non-hydrogen) atoms. The minimum Gasteiger partial charge on any atom is -0.479 e. The van der Waals surface area contributed by atoms with Gasteiger partial charge in [0, 0.05) is 0 Å². The van der Waals surface area contributed by atoms with Gasteiger partial charge >= 0.3 is 12.1 Å². The van der Waals surface area contributed by atoms with Crippen LogP contribution in [0.3, 0.4) is 0 Å². The lowest BCUT2D eigenvalue weighted by Gasteiger charge is -2.19. The van der Waals surface area contributed by atoms with E-state index in [-0.39, 0.29) is 11.4 Å². The number of nitrogens with zero attached hydrogens (tertiary/aromatic N) is 2. The van der Waals surface area contributed by atoms with Gasteiger partial charge in [-0.3, -0.25) is 0 Å². The number of aliphatic carboxylic acids is 1. The van der Waals surface area contributed by atoms with Crippen molar-refractivity contribution in [2.24, 2.45) is 0 Å². The molecule has 0 amide bonds. The van der Waals surface area contributed by atoms with E-state index in [1.54, 1.807) is 20.8 Å². The SMILES string of the molecule is Cc1c(C(O)C(=O)O)ncn1C(=O)OC(C)(C)C. The highest BCUT2D eigenvalue weighted by atomic mass is 16.6. The Kier molecular flexibility index (Phi) is 3.76. The molecule has 1 aromatic rings. The molecule has 7 nitrogen and oxygen atoms in total. The van der Waals surface area contributed by atoms with Gasteiger partial charge in [-0.25, -0.2) is 19.1 Å². The second-order valence-electron chi connectivity index (χ2n) is 4.81. The summed E-state index contributed by atoms with van der Waals surface area (Å²) in [6.45, 7) is 6.62. The molecule has 0 saturated carbocycles. The van der Waals surface area contributed by atoms with Crippen LogP contribution >= 0.6 is 0 Å². The lowest BCUT2D eigenvalue weighted by atomic mass is 10.2. The Balaban J connectivity index is 3.00. The standard InChI is InChI=1S/C11H16N2O5/c1-6-7(8(14)9(15)16)12-5-13(6)10(17)18-11(2,3)4/h5,8,14H,1-4H3,(H,15,16). The van der Waals surface area contributed by atoms with Crippen LogP contribution in [0.4, 0.5) is 4.79 Å². The number of hydrogen-bond acceptors (Lipinski definition) is 5. The number of carbonyl (C=O) groups is 2. The molecule has 1 aromatic heterocycles. The van der Waals surface area contributed by atoms with Gasteiger partial charge in [0.2, 0.25) is 0 Å². The first-order valence-electron chi connectivity index (χ1n) is 5.31. The Labute approximate surface area is 104 Å². The van der Waals surface area contributed by atoms with Crippen molar-refractivity contribution in [3.63, 3.8) is 0 Å². The second kappa shape index (κ2) is 4.77. The van der Waals surface area contributed by atoms with Crippen LogP contribution in [0, 0.1) is 6.92 Å². The molecule has 0 radical (unpaired) electrons. The highest BCUT2D eigenvalue weighted by Crippen LogP contribution is 2.17. The van der Waals surface area contributed by atoms with Gasteiger partial charge in [-0.1, -0.05) is 0 Å². The third-order valence-electron chi connectivity index (χ3n) is 2.13. The van der Waals surface area contributed by atoms with Crippen molar-refractivity contribution in [2.45, 2.75) is 39.4 Å². The normalized spacial score (nSPS) is 13.2. The Morgan fingerprint density at radius 1 is 1.44 bits per heavy atom. The number of aliphatic hydroxyl groups excluding tert-OH is 1. The molecule has 7 heteroatoms. The van der Waals surface area contributed by atoms with Crippen molar-refractivity contribution in [2.75, 3.05) is 0 Å². The van der Waals surface area contributed by atoms with Crippen LogP contribution < -0.4 is 0 Å². The molecule has 0 aromatic carbocycles. The number of imidazole rings is 1. The van der Waals surface area contributed by atoms with Gasteiger partial charge in [0.05, 0.1) is 5.69 Å². The van der Waals surface area contributed by atoms with Gasteiger partial charge in [0.25, 0.3) is 0 Å². The maximum absolute atomic E-state index is 11.8. The van der Waals surface area contributed by atoms with Crippen molar-refractivity contribution >= 4 is 12.1 Å². The van der Waals surface area contributed by atoms with Gasteiger partial charge in [0.1, 0.15) is 17.6 Å². The summed E-state index contributed by atoms with van der Waals surface area (Å²) in [5.41, 5.74) is -0.508. The Bertz CT molecular complexity index is 472. The maximum Gasteiger partial charge on any atom is 0.420 e. The van der Waals surface area contributed by atoms with E-state index in [0.29, 0.717) is 0 Å². The molecule has 0 aliphatic rings. The van der Waals surface area contributed by atoms with Crippen molar-refractivity contribution < 1.29 is 24.5 Å². The molecule has 0 bridgehead atoms. The van der Waals surface area contributed by atoms with Crippen molar-refractivity contribution in [1.82, 2.24) is 9.55 Å². The van der Waals surface area contributed by atoms with E-state index < -0.39 is 23.8 Å². The largest absolute Gasteiger partial charge is 0.479 e. The van der Waals surface area contributed by atoms with Crippen molar-refractivity contribution in [3.8, 4) is 0 Å². The summed E-state index contributed by atoms with van der Waals surface area (Å²) in [5, 5.41) is 18.1. The van der Waals surface area contributed by atoms with Crippen LogP contribution in [0.5, 0.6) is 0 Å². The zero-order valence-electron chi connectivity index (χ0n) is 10.7. The Hall–Kier alpha value is -1.89. The first kappa shape index (κ1) is 14.2. The van der Waals surface area contributed by atoms with Crippen molar-refractivity contribution in [1.29, 1.82) is 0 Å². The first-order chi connectivity index (χ1) is 8.13. The maximum atomic E-state index is 11.8. The summed E-state index contributed by atoms with van der Waals surface area (Å²) in [6, 6.07) is 0. The van der Waals surface area contributed by atoms with Gasteiger partial charge < -0.3 is 14.9 Å². The van der Waals surface area contributed by atoms with Crippen LogP contribution in [0.25, 0.3) is 0 Å². The smallest absolute Gasteiger partial charge is 0.420 e. The average molecular weight is 256 g/mol. The van der Waals surface area contributed by atoms with E-state index in [9.17, 15) is 14.7 Å². The number of aliphatic hydroxyl groups is 1. The van der Waals surface area contributed by atoms with E-state index in [4.69, 9.17) is 9.84 Å². The number of ether oxygens (including phenoxy) is 1. The predicted molar refractivity (Wildman–Crippen MR) is 61.2 cm³/mol. The first-order valence-corrected chi connectivity index (χ1v) is 5.31. The van der Waals surface area contributed by atoms with Gasteiger partial charge in [-0.05, 0) is 27.7 Å². The van der Waals surface area contributed by atoms with Gasteiger partial charge in [-0.15, -0.1) is 0 Å². The molecule has 100 valence electrons. The molecule has 1 rings (SSSR count). The van der Waals surface area contributed by atoms with Gasteiger partial charge in [0.15, 0.2) is 6.10 Å². The summed E-state index contributed by atoms with van der Waals surface area (Å²) in [5.74, 6) is -1.42. The fraction of sp³-hybridized carbons (Fsp3) is 0.545. The summed E-state index contributed by atoms with van der Waals surface area (Å²) in [6.07, 6.45) is -1.30. The molecule has 0 aliphatic heterocycles. The molecule has 1 heterocycles. The van der Waals surface area contributed by atoms with E-state index in [1.807, 2.05) is 0 Å². The highest BCUT2D eigenvalue weighted by molar-refractivity contribution is 5.76. The number of carboxylic acid groups (broad SMARTS) is 1. The molecule has 0 fully saturated rings. The summed E-state index contributed by atoms with van der Waals surface area (Å²) < 4.78 is 6.18. The fourth-order valence-electron chi connectivity index (χ4n) is 1.30. The van der Waals surface area contributed by atoms with Crippen molar-refractivity contribution in [3.05, 3.63) is 17.7 Å². The van der Waals surface area contributed by atoms with E-state index in [1.165, 1.54) is 6.92 Å². The lowest BCUT2D eigenvalue weighted by Crippen LogP contribution is -2.27. The summed E-state index contributed by atoms with van der Waals surface area (Å²) in [7, 11) is 0. The quantitative estimate of drug-likeness (QED) is 0.821. The van der Waals surface area contributed by atoms with Crippen LogP contribution in [0.2, 0.25) is 0 Å². The van der Waals surface area contributed by atoms with E-state index in [0.717, 1.165) is 10.9 Å². The fourth-order valence-corrected chi connectivity index (χ4v) is 1.30. The minimum absolute atomic E-state index is 0.0756. The topological polar surface area (TPSA) is 102 Å². The lowest BCUT2D eigenvalue weighted by molar-refractivity contribution is -0.147. The zero-order chi connectivity index (χ0) is 14.1. The second-order valence-corrected chi connectivity index (χ2v) is 4.81. The molecular formula is C11H16N2O5. The Morgan fingerprint density at radius 2 is 2.00 bits per heavy atom. The zero-order valence-corrected chi connectivity index (χ0v) is 10.7. The van der Waals surface area contributed by atoms with Gasteiger partial charge in [-0.2, -0.15) is 0 Å². The molecule has 2 N–H and O–H groups in total. The van der Waals surface area contributed by atoms with Crippen LogP contribution in [0.15, 0.2) is 6.33 Å².